The molecule has 3 aromatic heterocycles. The van der Waals surface area contributed by atoms with Crippen LogP contribution in [0.25, 0.3) is 11.3 Å². The van der Waals surface area contributed by atoms with Crippen LogP contribution in [0, 0.1) is 0 Å². The van der Waals surface area contributed by atoms with Crippen molar-refractivity contribution in [1.82, 2.24) is 10.1 Å². The van der Waals surface area contributed by atoms with Gasteiger partial charge in [0.05, 0.1) is 19.4 Å². The van der Waals surface area contributed by atoms with Crippen molar-refractivity contribution in [2.45, 2.75) is 13.1 Å². The third kappa shape index (κ3) is 3.81. The van der Waals surface area contributed by atoms with E-state index in [0.29, 0.717) is 49.3 Å². The Balaban J connectivity index is 1.39. The molecule has 0 N–H and O–H groups in total. The van der Waals surface area contributed by atoms with Crippen LogP contribution >= 0.6 is 11.3 Å². The third-order valence-electron chi connectivity index (χ3n) is 4.70. The number of hydrogen-bond donors (Lipinski definition) is 0. The number of aromatic nitrogens is 1. The third-order valence-corrected chi connectivity index (χ3v) is 5.56. The minimum absolute atomic E-state index is 0.229. The van der Waals surface area contributed by atoms with Gasteiger partial charge in [0.15, 0.2) is 23.0 Å². The number of carbonyl (C=O) groups excluding carboxylic acids is 1. The summed E-state index contributed by atoms with van der Waals surface area (Å²) >= 11 is 1.60. The lowest BCUT2D eigenvalue weighted by atomic mass is 10.1. The van der Waals surface area contributed by atoms with Crippen LogP contribution in [0.4, 0.5) is 0 Å². The van der Waals surface area contributed by atoms with E-state index in [-0.39, 0.29) is 11.6 Å². The molecule has 0 bridgehead atoms. The quantitative estimate of drug-likeness (QED) is 0.452. The predicted molar refractivity (Wildman–Crippen MR) is 110 cm³/mol. The fraction of sp³-hybridized carbons (Fsp3) is 0.182. The fourth-order valence-electron chi connectivity index (χ4n) is 3.25. The zero-order valence-electron chi connectivity index (χ0n) is 15.9. The number of thiophene rings is 1. The van der Waals surface area contributed by atoms with E-state index >= 15 is 0 Å². The van der Waals surface area contributed by atoms with E-state index in [2.05, 4.69) is 5.16 Å². The molecule has 152 valence electrons. The molecule has 0 saturated heterocycles. The molecule has 1 aliphatic rings. The van der Waals surface area contributed by atoms with Crippen molar-refractivity contribution < 1.29 is 23.2 Å². The maximum Gasteiger partial charge on any atom is 0.276 e. The summed E-state index contributed by atoms with van der Waals surface area (Å²) in [6.45, 7) is 1.84. The summed E-state index contributed by atoms with van der Waals surface area (Å²) < 4.78 is 22.1. The number of amides is 1. The van der Waals surface area contributed by atoms with Crippen molar-refractivity contribution in [3.63, 3.8) is 0 Å². The highest BCUT2D eigenvalue weighted by atomic mass is 32.1. The van der Waals surface area contributed by atoms with Gasteiger partial charge >= 0.3 is 0 Å². The topological polar surface area (TPSA) is 77.9 Å². The highest BCUT2D eigenvalue weighted by Crippen LogP contribution is 2.34. The largest absolute Gasteiger partial charge is 0.486 e. The summed E-state index contributed by atoms with van der Waals surface area (Å²) in [6, 6.07) is 14.8. The first-order valence-corrected chi connectivity index (χ1v) is 10.3. The highest BCUT2D eigenvalue weighted by molar-refractivity contribution is 7.09. The lowest BCUT2D eigenvalue weighted by Crippen LogP contribution is -2.29. The van der Waals surface area contributed by atoms with Crippen molar-refractivity contribution in [2.75, 3.05) is 13.2 Å². The molecule has 0 radical (unpaired) electrons. The van der Waals surface area contributed by atoms with E-state index in [1.165, 1.54) is 0 Å². The van der Waals surface area contributed by atoms with E-state index < -0.39 is 0 Å². The minimum Gasteiger partial charge on any atom is -0.486 e. The molecule has 0 fully saturated rings. The molecule has 30 heavy (non-hydrogen) atoms. The number of furan rings is 1. The van der Waals surface area contributed by atoms with E-state index in [4.69, 9.17) is 18.4 Å². The van der Waals surface area contributed by atoms with Gasteiger partial charge in [-0.25, -0.2) is 0 Å². The van der Waals surface area contributed by atoms with Crippen molar-refractivity contribution in [1.29, 1.82) is 0 Å². The molecule has 0 unspecified atom stereocenters. The maximum atomic E-state index is 13.2. The van der Waals surface area contributed by atoms with E-state index in [1.54, 1.807) is 34.6 Å². The van der Waals surface area contributed by atoms with Crippen LogP contribution in [-0.2, 0) is 13.1 Å². The van der Waals surface area contributed by atoms with Crippen LogP contribution in [0.15, 0.2) is 69.1 Å². The number of rotatable bonds is 6. The Bertz CT molecular complexity index is 1100. The van der Waals surface area contributed by atoms with Gasteiger partial charge in [0.1, 0.15) is 19.0 Å². The van der Waals surface area contributed by atoms with Crippen LogP contribution in [0.5, 0.6) is 11.5 Å². The molecule has 0 spiro atoms. The Morgan fingerprint density at radius 3 is 2.73 bits per heavy atom. The summed E-state index contributed by atoms with van der Waals surface area (Å²) in [5.74, 6) is 2.31. The van der Waals surface area contributed by atoms with E-state index in [0.717, 1.165) is 10.4 Å². The summed E-state index contributed by atoms with van der Waals surface area (Å²) in [7, 11) is 0. The Morgan fingerprint density at radius 2 is 1.93 bits per heavy atom. The van der Waals surface area contributed by atoms with Crippen molar-refractivity contribution in [3.8, 4) is 22.8 Å². The molecular formula is C22H18N2O5S. The zero-order chi connectivity index (χ0) is 20.3. The second kappa shape index (κ2) is 8.08. The van der Waals surface area contributed by atoms with Crippen LogP contribution in [0.3, 0.4) is 0 Å². The summed E-state index contributed by atoms with van der Waals surface area (Å²) in [6.07, 6.45) is 1.60. The number of fused-ring (bicyclic) bond motifs is 1. The second-order valence-electron chi connectivity index (χ2n) is 6.75. The Morgan fingerprint density at radius 1 is 1.03 bits per heavy atom. The average molecular weight is 422 g/mol. The Kier molecular flexibility index (Phi) is 4.98. The molecule has 8 heteroatoms. The fourth-order valence-corrected chi connectivity index (χ4v) is 3.97. The lowest BCUT2D eigenvalue weighted by molar-refractivity contribution is 0.0709. The molecule has 1 amide bonds. The first-order chi connectivity index (χ1) is 14.8. The van der Waals surface area contributed by atoms with Gasteiger partial charge in [0, 0.05) is 16.5 Å². The summed E-state index contributed by atoms with van der Waals surface area (Å²) in [4.78, 5) is 16.0. The lowest BCUT2D eigenvalue weighted by Gasteiger charge is -2.19. The number of benzene rings is 1. The molecular weight excluding hydrogens is 404 g/mol. The first-order valence-electron chi connectivity index (χ1n) is 9.47. The Hall–Kier alpha value is -3.52. The summed E-state index contributed by atoms with van der Waals surface area (Å²) in [5.41, 5.74) is 1.00. The molecule has 0 aliphatic carbocycles. The maximum absolute atomic E-state index is 13.2. The van der Waals surface area contributed by atoms with Crippen molar-refractivity contribution >= 4 is 17.2 Å². The SMILES string of the molecule is O=C(c1cc(-c2ccc3c(c2)OCCO3)on1)N(Cc1ccco1)Cc1cccs1. The standard InChI is InChI=1S/C22H18N2O5S/c25-22(24(13-16-3-1-7-26-16)14-17-4-2-10-30-17)18-12-20(29-23-18)15-5-6-19-21(11-15)28-9-8-27-19/h1-7,10-12H,8-9,13-14H2. The number of carbonyl (C=O) groups is 1. The normalized spacial score (nSPS) is 12.7. The Labute approximate surface area is 176 Å². The monoisotopic (exact) mass is 422 g/mol. The molecule has 1 aromatic carbocycles. The average Bonchev–Trinajstić information content (AvgIpc) is 3.55. The van der Waals surface area contributed by atoms with Gasteiger partial charge in [-0.05, 0) is 41.8 Å². The number of ether oxygens (including phenoxy) is 2. The van der Waals surface area contributed by atoms with Crippen molar-refractivity contribution in [3.05, 3.63) is 76.5 Å². The molecule has 5 rings (SSSR count). The second-order valence-corrected chi connectivity index (χ2v) is 7.79. The van der Waals surface area contributed by atoms with E-state index in [1.807, 2.05) is 41.8 Å². The molecule has 1 aliphatic heterocycles. The molecule has 0 saturated carbocycles. The van der Waals surface area contributed by atoms with Gasteiger partial charge in [-0.3, -0.25) is 4.79 Å². The van der Waals surface area contributed by atoms with Crippen LogP contribution in [0.2, 0.25) is 0 Å². The van der Waals surface area contributed by atoms with Crippen molar-refractivity contribution in [2.24, 2.45) is 0 Å². The van der Waals surface area contributed by atoms with Gasteiger partial charge in [-0.1, -0.05) is 11.2 Å². The van der Waals surface area contributed by atoms with Crippen LogP contribution < -0.4 is 9.47 Å². The summed E-state index contributed by atoms with van der Waals surface area (Å²) in [5, 5.41) is 6.01. The minimum atomic E-state index is -0.229. The van der Waals surface area contributed by atoms with E-state index in [9.17, 15) is 4.79 Å². The molecule has 4 aromatic rings. The molecule has 0 atom stereocenters. The smallest absolute Gasteiger partial charge is 0.276 e. The van der Waals surface area contributed by atoms with Crippen LogP contribution in [-0.4, -0.2) is 29.2 Å². The van der Waals surface area contributed by atoms with Gasteiger partial charge in [-0.2, -0.15) is 0 Å². The molecule has 4 heterocycles. The van der Waals surface area contributed by atoms with Gasteiger partial charge in [0.25, 0.3) is 5.91 Å². The molecule has 7 nitrogen and oxygen atoms in total. The zero-order valence-corrected chi connectivity index (χ0v) is 16.8. The van der Waals surface area contributed by atoms with Gasteiger partial charge in [0.2, 0.25) is 0 Å². The van der Waals surface area contributed by atoms with Crippen LogP contribution in [0.1, 0.15) is 21.1 Å². The highest BCUT2D eigenvalue weighted by Gasteiger charge is 2.23. The van der Waals surface area contributed by atoms with Gasteiger partial charge in [-0.15, -0.1) is 11.3 Å². The number of hydrogen-bond acceptors (Lipinski definition) is 7. The number of nitrogens with zero attached hydrogens (tertiary/aromatic N) is 2. The predicted octanol–water partition coefficient (Wildman–Crippen LogP) is 4.61. The van der Waals surface area contributed by atoms with Gasteiger partial charge < -0.3 is 23.3 Å². The first kappa shape index (κ1) is 18.5.